The molecule has 0 saturated heterocycles. The molecule has 0 atom stereocenters. The lowest BCUT2D eigenvalue weighted by Gasteiger charge is -1.91. The second kappa shape index (κ2) is 5.43. The molecule has 5 heteroatoms. The summed E-state index contributed by atoms with van der Waals surface area (Å²) in [6.07, 6.45) is 3.40. The maximum Gasteiger partial charge on any atom is 0.223 e. The lowest BCUT2D eigenvalue weighted by atomic mass is 10.2. The van der Waals surface area contributed by atoms with Gasteiger partial charge in [-0.25, -0.2) is 4.98 Å². The van der Waals surface area contributed by atoms with Gasteiger partial charge >= 0.3 is 0 Å². The Labute approximate surface area is 109 Å². The average molecular weight is 257 g/mol. The van der Waals surface area contributed by atoms with Crippen LogP contribution >= 0.6 is 11.3 Å². The largest absolute Gasteiger partial charge is 0.302 e. The maximum atomic E-state index is 10.9. The van der Waals surface area contributed by atoms with Crippen LogP contribution in [0.2, 0.25) is 0 Å². The topological polar surface area (TPSA) is 54.9 Å². The predicted molar refractivity (Wildman–Crippen MR) is 71.4 cm³/mol. The SMILES string of the molecule is CC(=O)Nc1nc(C)c(C#Cc2ccncc2)s1. The Hall–Kier alpha value is -2.19. The van der Waals surface area contributed by atoms with Gasteiger partial charge in [0.1, 0.15) is 4.88 Å². The van der Waals surface area contributed by atoms with Crippen LogP contribution in [-0.2, 0) is 4.79 Å². The summed E-state index contributed by atoms with van der Waals surface area (Å²) in [5.41, 5.74) is 1.73. The molecule has 0 aliphatic carbocycles. The number of nitrogens with zero attached hydrogens (tertiary/aromatic N) is 2. The summed E-state index contributed by atoms with van der Waals surface area (Å²) in [5.74, 6) is 5.96. The molecule has 1 N–H and O–H groups in total. The molecule has 0 fully saturated rings. The molecular formula is C13H11N3OS. The van der Waals surface area contributed by atoms with E-state index in [0.717, 1.165) is 16.1 Å². The van der Waals surface area contributed by atoms with Gasteiger partial charge in [0.25, 0.3) is 0 Å². The molecule has 0 aliphatic rings. The minimum absolute atomic E-state index is 0.127. The molecular weight excluding hydrogens is 246 g/mol. The number of aryl methyl sites for hydroxylation is 1. The van der Waals surface area contributed by atoms with Gasteiger partial charge in [0, 0.05) is 24.9 Å². The highest BCUT2D eigenvalue weighted by atomic mass is 32.1. The number of hydrogen-bond acceptors (Lipinski definition) is 4. The van der Waals surface area contributed by atoms with Crippen LogP contribution in [0.5, 0.6) is 0 Å². The van der Waals surface area contributed by atoms with Crippen molar-refractivity contribution in [1.82, 2.24) is 9.97 Å². The van der Waals surface area contributed by atoms with Crippen molar-refractivity contribution in [3.05, 3.63) is 40.7 Å². The lowest BCUT2D eigenvalue weighted by Crippen LogP contribution is -2.04. The summed E-state index contributed by atoms with van der Waals surface area (Å²) >= 11 is 1.37. The molecule has 0 aliphatic heterocycles. The van der Waals surface area contributed by atoms with Crippen LogP contribution in [0.3, 0.4) is 0 Å². The Balaban J connectivity index is 2.22. The smallest absolute Gasteiger partial charge is 0.223 e. The van der Waals surface area contributed by atoms with Gasteiger partial charge in [-0.1, -0.05) is 17.3 Å². The Bertz CT molecular complexity index is 623. The van der Waals surface area contributed by atoms with E-state index in [4.69, 9.17) is 0 Å². The number of thiazole rings is 1. The van der Waals surface area contributed by atoms with Crippen LogP contribution in [0, 0.1) is 18.8 Å². The molecule has 2 rings (SSSR count). The van der Waals surface area contributed by atoms with Crippen molar-refractivity contribution in [2.24, 2.45) is 0 Å². The predicted octanol–water partition coefficient (Wildman–Crippen LogP) is 2.20. The number of nitrogens with one attached hydrogen (secondary N) is 1. The first-order valence-corrected chi connectivity index (χ1v) is 6.14. The van der Waals surface area contributed by atoms with Crippen molar-refractivity contribution < 1.29 is 4.79 Å². The molecule has 0 unspecified atom stereocenters. The molecule has 1 amide bonds. The van der Waals surface area contributed by atoms with Crippen LogP contribution in [-0.4, -0.2) is 15.9 Å². The zero-order valence-electron chi connectivity index (χ0n) is 10.0. The van der Waals surface area contributed by atoms with E-state index in [1.165, 1.54) is 18.3 Å². The van der Waals surface area contributed by atoms with Crippen LogP contribution in [0.4, 0.5) is 5.13 Å². The summed E-state index contributed by atoms with van der Waals surface area (Å²) in [5, 5.41) is 3.24. The van der Waals surface area contributed by atoms with Gasteiger partial charge in [-0.15, -0.1) is 0 Å². The lowest BCUT2D eigenvalue weighted by molar-refractivity contribution is -0.114. The Morgan fingerprint density at radius 2 is 2.06 bits per heavy atom. The second-order valence-electron chi connectivity index (χ2n) is 3.60. The Kier molecular flexibility index (Phi) is 3.70. The third kappa shape index (κ3) is 3.15. The summed E-state index contributed by atoms with van der Waals surface area (Å²) in [7, 11) is 0. The van der Waals surface area contributed by atoms with Gasteiger partial charge in [0.05, 0.1) is 5.69 Å². The first-order chi connectivity index (χ1) is 8.65. The van der Waals surface area contributed by atoms with Crippen LogP contribution in [0.25, 0.3) is 0 Å². The van der Waals surface area contributed by atoms with Crippen molar-refractivity contribution in [1.29, 1.82) is 0 Å². The summed E-state index contributed by atoms with van der Waals surface area (Å²) < 4.78 is 0. The van der Waals surface area contributed by atoms with Crippen molar-refractivity contribution in [2.75, 3.05) is 5.32 Å². The molecule has 0 bridgehead atoms. The Morgan fingerprint density at radius 1 is 1.33 bits per heavy atom. The quantitative estimate of drug-likeness (QED) is 0.797. The van der Waals surface area contributed by atoms with Crippen molar-refractivity contribution in [2.45, 2.75) is 13.8 Å². The standard InChI is InChI=1S/C13H11N3OS/c1-9-12(18-13(15-9)16-10(2)17)4-3-11-5-7-14-8-6-11/h5-8H,1-2H3,(H,15,16,17). The molecule has 18 heavy (non-hydrogen) atoms. The van der Waals surface area contributed by atoms with Crippen LogP contribution in [0.1, 0.15) is 23.1 Å². The highest BCUT2D eigenvalue weighted by Crippen LogP contribution is 2.21. The third-order valence-corrected chi connectivity index (χ3v) is 3.07. The number of pyridine rings is 1. The fraction of sp³-hybridized carbons (Fsp3) is 0.154. The molecule has 4 nitrogen and oxygen atoms in total. The molecule has 0 aromatic carbocycles. The zero-order chi connectivity index (χ0) is 13.0. The highest BCUT2D eigenvalue weighted by molar-refractivity contribution is 7.16. The normalized spacial score (nSPS) is 9.44. The van der Waals surface area contributed by atoms with Crippen molar-refractivity contribution >= 4 is 22.4 Å². The fourth-order valence-electron chi connectivity index (χ4n) is 1.28. The number of rotatable bonds is 1. The van der Waals surface area contributed by atoms with Gasteiger partial charge in [0.2, 0.25) is 5.91 Å². The first kappa shape index (κ1) is 12.3. The van der Waals surface area contributed by atoms with E-state index < -0.39 is 0 Å². The first-order valence-electron chi connectivity index (χ1n) is 5.32. The monoisotopic (exact) mass is 257 g/mol. The fourth-order valence-corrected chi connectivity index (χ4v) is 2.15. The van der Waals surface area contributed by atoms with Gasteiger partial charge < -0.3 is 5.32 Å². The second-order valence-corrected chi connectivity index (χ2v) is 4.60. The highest BCUT2D eigenvalue weighted by Gasteiger charge is 2.06. The van der Waals surface area contributed by atoms with E-state index >= 15 is 0 Å². The Morgan fingerprint density at radius 3 is 2.72 bits per heavy atom. The van der Waals surface area contributed by atoms with Crippen molar-refractivity contribution in [3.8, 4) is 11.8 Å². The number of amides is 1. The minimum atomic E-state index is -0.127. The third-order valence-electron chi connectivity index (χ3n) is 2.08. The van der Waals surface area contributed by atoms with E-state index in [0.29, 0.717) is 5.13 Å². The zero-order valence-corrected chi connectivity index (χ0v) is 10.8. The van der Waals surface area contributed by atoms with Gasteiger partial charge in [-0.05, 0) is 25.0 Å². The number of aromatic nitrogens is 2. The maximum absolute atomic E-state index is 10.9. The molecule has 2 heterocycles. The number of carbonyl (C=O) groups is 1. The minimum Gasteiger partial charge on any atom is -0.302 e. The molecule has 2 aromatic heterocycles. The summed E-state index contributed by atoms with van der Waals surface area (Å²) in [4.78, 5) is 19.9. The van der Waals surface area contributed by atoms with Crippen LogP contribution in [0.15, 0.2) is 24.5 Å². The van der Waals surface area contributed by atoms with Gasteiger partial charge in [-0.3, -0.25) is 9.78 Å². The summed E-state index contributed by atoms with van der Waals surface area (Å²) in [6.45, 7) is 3.33. The molecule has 2 aromatic rings. The van der Waals surface area contributed by atoms with Gasteiger partial charge in [0.15, 0.2) is 5.13 Å². The molecule has 0 saturated carbocycles. The molecule has 0 radical (unpaired) electrons. The van der Waals surface area contributed by atoms with E-state index in [2.05, 4.69) is 27.1 Å². The molecule has 90 valence electrons. The van der Waals surface area contributed by atoms with Crippen LogP contribution < -0.4 is 5.32 Å². The summed E-state index contributed by atoms with van der Waals surface area (Å²) in [6, 6.07) is 3.69. The van der Waals surface area contributed by atoms with E-state index in [1.807, 2.05) is 19.1 Å². The van der Waals surface area contributed by atoms with E-state index in [9.17, 15) is 4.79 Å². The molecule has 0 spiro atoms. The number of carbonyl (C=O) groups excluding carboxylic acids is 1. The van der Waals surface area contributed by atoms with Crippen molar-refractivity contribution in [3.63, 3.8) is 0 Å². The van der Waals surface area contributed by atoms with E-state index in [1.54, 1.807) is 12.4 Å². The van der Waals surface area contributed by atoms with E-state index in [-0.39, 0.29) is 5.91 Å². The average Bonchev–Trinajstić information content (AvgIpc) is 2.67. The number of hydrogen-bond donors (Lipinski definition) is 1. The van der Waals surface area contributed by atoms with Gasteiger partial charge in [-0.2, -0.15) is 0 Å². The number of anilines is 1.